The molecule has 1 atom stereocenters. The standard InChI is InChI=1S/C23H24N2O4/c1-4-29-21-12-11-14(2)13-18(21)15(3)24-22(27)23(28)25-19-9-5-8-17-16(19)7-6-10-20(17)26/h5-13,15,26H,4H2,1-3H3,(H,24,27)(H,25,28). The predicted molar refractivity (Wildman–Crippen MR) is 113 cm³/mol. The monoisotopic (exact) mass is 392 g/mol. The van der Waals surface area contributed by atoms with Crippen LogP contribution in [0.2, 0.25) is 0 Å². The Morgan fingerprint density at radius 1 is 1.03 bits per heavy atom. The van der Waals surface area contributed by atoms with Crippen LogP contribution in [-0.2, 0) is 9.59 Å². The summed E-state index contributed by atoms with van der Waals surface area (Å²) in [5, 5.41) is 16.6. The Morgan fingerprint density at radius 2 is 1.76 bits per heavy atom. The molecule has 0 aliphatic rings. The van der Waals surface area contributed by atoms with Crippen LogP contribution in [0.15, 0.2) is 54.6 Å². The molecule has 2 amide bonds. The summed E-state index contributed by atoms with van der Waals surface area (Å²) < 4.78 is 5.63. The number of hydrogen-bond donors (Lipinski definition) is 3. The fourth-order valence-corrected chi connectivity index (χ4v) is 3.21. The van der Waals surface area contributed by atoms with Crippen molar-refractivity contribution in [2.45, 2.75) is 26.8 Å². The third-order valence-corrected chi connectivity index (χ3v) is 4.63. The maximum atomic E-state index is 12.5. The summed E-state index contributed by atoms with van der Waals surface area (Å²) in [5.41, 5.74) is 2.30. The molecule has 0 bridgehead atoms. The lowest BCUT2D eigenvalue weighted by Gasteiger charge is -2.18. The fourth-order valence-electron chi connectivity index (χ4n) is 3.21. The molecular weight excluding hydrogens is 368 g/mol. The molecule has 0 fully saturated rings. The van der Waals surface area contributed by atoms with Gasteiger partial charge in [-0.1, -0.05) is 42.0 Å². The van der Waals surface area contributed by atoms with Crippen LogP contribution in [0.4, 0.5) is 5.69 Å². The SMILES string of the molecule is CCOc1ccc(C)cc1C(C)NC(=O)C(=O)Nc1cccc2c(O)cccc12. The molecule has 3 N–H and O–H groups in total. The minimum atomic E-state index is -0.779. The molecule has 3 aromatic carbocycles. The van der Waals surface area contributed by atoms with Crippen molar-refractivity contribution in [1.29, 1.82) is 0 Å². The Balaban J connectivity index is 1.76. The molecule has 0 spiro atoms. The van der Waals surface area contributed by atoms with Gasteiger partial charge in [-0.3, -0.25) is 9.59 Å². The highest BCUT2D eigenvalue weighted by molar-refractivity contribution is 6.40. The van der Waals surface area contributed by atoms with Crippen molar-refractivity contribution >= 4 is 28.3 Å². The largest absolute Gasteiger partial charge is 0.507 e. The Kier molecular flexibility index (Phi) is 6.02. The molecule has 150 valence electrons. The zero-order chi connectivity index (χ0) is 21.0. The van der Waals surface area contributed by atoms with E-state index in [1.54, 1.807) is 43.3 Å². The molecule has 1 unspecified atom stereocenters. The highest BCUT2D eigenvalue weighted by atomic mass is 16.5. The van der Waals surface area contributed by atoms with Crippen LogP contribution >= 0.6 is 0 Å². The Morgan fingerprint density at radius 3 is 2.52 bits per heavy atom. The summed E-state index contributed by atoms with van der Waals surface area (Å²) in [5.74, 6) is -0.743. The van der Waals surface area contributed by atoms with Gasteiger partial charge >= 0.3 is 11.8 Å². The molecule has 3 aromatic rings. The summed E-state index contributed by atoms with van der Waals surface area (Å²) in [6.45, 7) is 6.16. The van der Waals surface area contributed by atoms with Gasteiger partial charge in [0.05, 0.1) is 12.6 Å². The predicted octanol–water partition coefficient (Wildman–Crippen LogP) is 4.07. The van der Waals surface area contributed by atoms with Crippen molar-refractivity contribution in [3.05, 3.63) is 65.7 Å². The van der Waals surface area contributed by atoms with Gasteiger partial charge in [0, 0.05) is 22.0 Å². The fraction of sp³-hybridized carbons (Fsp3) is 0.217. The smallest absolute Gasteiger partial charge is 0.313 e. The van der Waals surface area contributed by atoms with E-state index in [0.717, 1.165) is 11.1 Å². The van der Waals surface area contributed by atoms with Crippen LogP contribution in [0.5, 0.6) is 11.5 Å². The summed E-state index contributed by atoms with van der Waals surface area (Å²) in [7, 11) is 0. The molecule has 29 heavy (non-hydrogen) atoms. The molecular formula is C23H24N2O4. The number of phenols is 1. The minimum absolute atomic E-state index is 0.111. The Labute approximate surface area is 169 Å². The first-order chi connectivity index (χ1) is 13.9. The first-order valence-corrected chi connectivity index (χ1v) is 9.46. The number of aromatic hydroxyl groups is 1. The molecule has 0 saturated heterocycles. The zero-order valence-corrected chi connectivity index (χ0v) is 16.7. The second kappa shape index (κ2) is 8.65. The van der Waals surface area contributed by atoms with E-state index in [-0.39, 0.29) is 5.75 Å². The van der Waals surface area contributed by atoms with Crippen LogP contribution in [-0.4, -0.2) is 23.5 Å². The van der Waals surface area contributed by atoms with Gasteiger partial charge in [-0.2, -0.15) is 0 Å². The first-order valence-electron chi connectivity index (χ1n) is 9.46. The van der Waals surface area contributed by atoms with Gasteiger partial charge in [0.2, 0.25) is 0 Å². The van der Waals surface area contributed by atoms with Gasteiger partial charge in [-0.05, 0) is 39.0 Å². The van der Waals surface area contributed by atoms with Crippen molar-refractivity contribution in [3.63, 3.8) is 0 Å². The van der Waals surface area contributed by atoms with Gasteiger partial charge in [0.15, 0.2) is 0 Å². The molecule has 6 nitrogen and oxygen atoms in total. The average Bonchev–Trinajstić information content (AvgIpc) is 2.70. The number of anilines is 1. The van der Waals surface area contributed by atoms with E-state index in [0.29, 0.717) is 28.8 Å². The summed E-state index contributed by atoms with van der Waals surface area (Å²) >= 11 is 0. The van der Waals surface area contributed by atoms with E-state index in [1.807, 2.05) is 32.0 Å². The van der Waals surface area contributed by atoms with Crippen LogP contribution in [0.25, 0.3) is 10.8 Å². The minimum Gasteiger partial charge on any atom is -0.507 e. The summed E-state index contributed by atoms with van der Waals surface area (Å²) in [6, 6.07) is 15.5. The number of hydrogen-bond acceptors (Lipinski definition) is 4. The number of carbonyl (C=O) groups excluding carboxylic acids is 2. The van der Waals surface area contributed by atoms with E-state index in [9.17, 15) is 14.7 Å². The molecule has 0 aromatic heterocycles. The van der Waals surface area contributed by atoms with Gasteiger partial charge < -0.3 is 20.5 Å². The van der Waals surface area contributed by atoms with E-state index < -0.39 is 17.9 Å². The molecule has 0 aliphatic heterocycles. The number of aryl methyl sites for hydroxylation is 1. The van der Waals surface area contributed by atoms with Crippen LogP contribution < -0.4 is 15.4 Å². The maximum Gasteiger partial charge on any atom is 0.313 e. The van der Waals surface area contributed by atoms with Crippen molar-refractivity contribution < 1.29 is 19.4 Å². The number of nitrogens with one attached hydrogen (secondary N) is 2. The van der Waals surface area contributed by atoms with Gasteiger partial charge in [-0.25, -0.2) is 0 Å². The zero-order valence-electron chi connectivity index (χ0n) is 16.7. The number of ether oxygens (including phenoxy) is 1. The number of amides is 2. The molecule has 6 heteroatoms. The molecule has 0 radical (unpaired) electrons. The number of rotatable bonds is 5. The van der Waals surface area contributed by atoms with Crippen LogP contribution in [0.3, 0.4) is 0 Å². The molecule has 0 heterocycles. The first kappa shape index (κ1) is 20.2. The average molecular weight is 392 g/mol. The Bertz CT molecular complexity index is 1060. The van der Waals surface area contributed by atoms with Crippen molar-refractivity contribution in [1.82, 2.24) is 5.32 Å². The van der Waals surface area contributed by atoms with Gasteiger partial charge in [-0.15, -0.1) is 0 Å². The van der Waals surface area contributed by atoms with E-state index in [4.69, 9.17) is 4.74 Å². The number of carbonyl (C=O) groups is 2. The number of phenolic OH excluding ortho intramolecular Hbond substituents is 1. The van der Waals surface area contributed by atoms with Crippen molar-refractivity contribution in [3.8, 4) is 11.5 Å². The summed E-state index contributed by atoms with van der Waals surface area (Å²) in [6.07, 6.45) is 0. The normalized spacial score (nSPS) is 11.7. The van der Waals surface area contributed by atoms with Crippen molar-refractivity contribution in [2.75, 3.05) is 11.9 Å². The second-order valence-corrected chi connectivity index (χ2v) is 6.80. The molecule has 0 saturated carbocycles. The highest BCUT2D eigenvalue weighted by Crippen LogP contribution is 2.30. The maximum absolute atomic E-state index is 12.5. The van der Waals surface area contributed by atoms with Crippen LogP contribution in [0.1, 0.15) is 31.0 Å². The highest BCUT2D eigenvalue weighted by Gasteiger charge is 2.20. The number of benzene rings is 3. The number of fused-ring (bicyclic) bond motifs is 1. The second-order valence-electron chi connectivity index (χ2n) is 6.80. The lowest BCUT2D eigenvalue weighted by molar-refractivity contribution is -0.136. The van der Waals surface area contributed by atoms with E-state index in [2.05, 4.69) is 10.6 Å². The third-order valence-electron chi connectivity index (χ3n) is 4.63. The lowest BCUT2D eigenvalue weighted by atomic mass is 10.0. The van der Waals surface area contributed by atoms with E-state index >= 15 is 0 Å². The summed E-state index contributed by atoms with van der Waals surface area (Å²) in [4.78, 5) is 24.9. The van der Waals surface area contributed by atoms with Gasteiger partial charge in [0.25, 0.3) is 0 Å². The molecule has 0 aliphatic carbocycles. The van der Waals surface area contributed by atoms with E-state index in [1.165, 1.54) is 0 Å². The third kappa shape index (κ3) is 4.48. The van der Waals surface area contributed by atoms with Crippen LogP contribution in [0, 0.1) is 6.92 Å². The van der Waals surface area contributed by atoms with Gasteiger partial charge in [0.1, 0.15) is 11.5 Å². The lowest BCUT2D eigenvalue weighted by Crippen LogP contribution is -2.37. The topological polar surface area (TPSA) is 87.7 Å². The quantitative estimate of drug-likeness (QED) is 0.571. The molecule has 3 rings (SSSR count). The Hall–Kier alpha value is -3.54. The van der Waals surface area contributed by atoms with Crippen molar-refractivity contribution in [2.24, 2.45) is 0 Å².